The van der Waals surface area contributed by atoms with Gasteiger partial charge in [0.1, 0.15) is 0 Å². The Labute approximate surface area is 97.1 Å². The molecule has 1 aliphatic rings. The quantitative estimate of drug-likeness (QED) is 0.658. The molecule has 0 aromatic rings. The SMILES string of the molecule is [Se]=CCC1(CC=[Se])CCC[Se]C1. The predicted molar refractivity (Wildman–Crippen MR) is 59.9 cm³/mol. The van der Waals surface area contributed by atoms with Gasteiger partial charge in [-0.15, -0.1) is 0 Å². The van der Waals surface area contributed by atoms with Crippen LogP contribution >= 0.6 is 0 Å². The van der Waals surface area contributed by atoms with Crippen LogP contribution in [0.15, 0.2) is 0 Å². The summed E-state index contributed by atoms with van der Waals surface area (Å²) in [4.78, 5) is 4.45. The first-order valence-corrected chi connectivity index (χ1v) is 8.68. The fraction of sp³-hybridized carbons (Fsp3) is 0.778. The van der Waals surface area contributed by atoms with E-state index in [4.69, 9.17) is 0 Å². The van der Waals surface area contributed by atoms with Crippen LogP contribution in [0.1, 0.15) is 25.7 Å². The van der Waals surface area contributed by atoms with Crippen molar-refractivity contribution in [2.75, 3.05) is 0 Å². The summed E-state index contributed by atoms with van der Waals surface area (Å²) in [7, 11) is 0. The molecule has 1 rings (SSSR count). The molecule has 0 bridgehead atoms. The van der Waals surface area contributed by atoms with E-state index in [1.807, 2.05) is 0 Å². The average Bonchev–Trinajstić information content (AvgIpc) is 2.07. The van der Waals surface area contributed by atoms with Gasteiger partial charge in [-0.25, -0.2) is 0 Å². The van der Waals surface area contributed by atoms with Crippen molar-refractivity contribution in [2.24, 2.45) is 5.41 Å². The zero-order chi connectivity index (χ0) is 8.86. The molecule has 1 saturated heterocycles. The first-order valence-electron chi connectivity index (χ1n) is 4.28. The summed E-state index contributed by atoms with van der Waals surface area (Å²) in [5, 5.41) is 2.99. The van der Waals surface area contributed by atoms with Crippen molar-refractivity contribution in [3.63, 3.8) is 0 Å². The van der Waals surface area contributed by atoms with E-state index >= 15 is 0 Å². The zero-order valence-electron chi connectivity index (χ0n) is 7.12. The number of hydrogen-bond acceptors (Lipinski definition) is 0. The molecule has 3 heteroatoms. The molecule has 12 heavy (non-hydrogen) atoms. The van der Waals surface area contributed by atoms with Crippen molar-refractivity contribution < 1.29 is 0 Å². The van der Waals surface area contributed by atoms with E-state index in [1.54, 1.807) is 0 Å². The Kier molecular flexibility index (Phi) is 5.60. The summed E-state index contributed by atoms with van der Waals surface area (Å²) < 4.78 is 0. The summed E-state index contributed by atoms with van der Waals surface area (Å²) in [5.41, 5.74) is 0.634. The van der Waals surface area contributed by atoms with Crippen LogP contribution in [-0.2, 0) is 0 Å². The molecule has 0 amide bonds. The third-order valence-corrected chi connectivity index (χ3v) is 6.06. The molecule has 0 N–H and O–H groups in total. The van der Waals surface area contributed by atoms with Gasteiger partial charge in [-0.1, -0.05) is 0 Å². The second-order valence-electron chi connectivity index (χ2n) is 3.40. The molecule has 0 spiro atoms. The zero-order valence-corrected chi connectivity index (χ0v) is 12.3. The molecule has 1 fully saturated rings. The first-order chi connectivity index (χ1) is 5.83. The number of rotatable bonds is 4. The van der Waals surface area contributed by atoms with E-state index in [9.17, 15) is 0 Å². The Morgan fingerprint density at radius 2 is 1.92 bits per heavy atom. The summed E-state index contributed by atoms with van der Waals surface area (Å²) in [6.07, 6.45) is 5.44. The molecule has 0 aromatic heterocycles. The van der Waals surface area contributed by atoms with Crippen molar-refractivity contribution in [1.29, 1.82) is 0 Å². The van der Waals surface area contributed by atoms with Gasteiger partial charge in [0.05, 0.1) is 0 Å². The molecule has 0 aliphatic carbocycles. The minimum absolute atomic E-state index is 0.634. The normalized spacial score (nSPS) is 21.7. The van der Waals surface area contributed by atoms with Crippen molar-refractivity contribution in [3.05, 3.63) is 0 Å². The van der Waals surface area contributed by atoms with Crippen molar-refractivity contribution in [2.45, 2.75) is 36.3 Å². The van der Waals surface area contributed by atoms with E-state index in [1.165, 1.54) is 36.3 Å². The van der Waals surface area contributed by atoms with Gasteiger partial charge in [0.2, 0.25) is 0 Å². The second-order valence-corrected chi connectivity index (χ2v) is 7.12. The Bertz CT molecular complexity index is 147. The standard InChI is InChI=1S/C9H14Se3/c10-5-3-9(4-6-11)2-1-7-12-8-9/h5-6H,1-4,7-8H2. The van der Waals surface area contributed by atoms with Crippen molar-refractivity contribution >= 4 is 55.9 Å². The maximum absolute atomic E-state index is 3.03. The fourth-order valence-electron chi connectivity index (χ4n) is 1.67. The van der Waals surface area contributed by atoms with Crippen molar-refractivity contribution in [1.82, 2.24) is 0 Å². The van der Waals surface area contributed by atoms with Gasteiger partial charge in [-0.3, -0.25) is 0 Å². The molecule has 0 unspecified atom stereocenters. The summed E-state index contributed by atoms with van der Waals surface area (Å²) in [6.45, 7) is 0. The predicted octanol–water partition coefficient (Wildman–Crippen LogP) is 1.03. The average molecular weight is 359 g/mol. The molecule has 0 saturated carbocycles. The second kappa shape index (κ2) is 5.91. The third kappa shape index (κ3) is 3.22. The molecular formula is C9H14Se3. The molecule has 1 heterocycles. The summed E-state index contributed by atoms with van der Waals surface area (Å²) >= 11 is 6.98. The summed E-state index contributed by atoms with van der Waals surface area (Å²) in [5.74, 6) is 0. The van der Waals surface area contributed by atoms with Gasteiger partial charge < -0.3 is 0 Å². The Hall–Kier alpha value is 1.30. The van der Waals surface area contributed by atoms with E-state index in [-0.39, 0.29) is 0 Å². The molecule has 0 atom stereocenters. The fourth-order valence-corrected chi connectivity index (χ4v) is 5.89. The van der Waals surface area contributed by atoms with Gasteiger partial charge in [0.25, 0.3) is 0 Å². The Morgan fingerprint density at radius 1 is 1.25 bits per heavy atom. The van der Waals surface area contributed by atoms with Crippen molar-refractivity contribution in [3.8, 4) is 0 Å². The molecule has 0 aromatic carbocycles. The van der Waals surface area contributed by atoms with Gasteiger partial charge in [-0.05, 0) is 0 Å². The Morgan fingerprint density at radius 3 is 2.33 bits per heavy atom. The Balaban J connectivity index is 2.55. The maximum atomic E-state index is 3.03. The van der Waals surface area contributed by atoms with Crippen LogP contribution in [0.5, 0.6) is 0 Å². The van der Waals surface area contributed by atoms with Crippen LogP contribution in [-0.4, -0.2) is 55.9 Å². The summed E-state index contributed by atoms with van der Waals surface area (Å²) in [6, 6.07) is 0. The van der Waals surface area contributed by atoms with Crippen LogP contribution in [0, 0.1) is 5.41 Å². The third-order valence-electron chi connectivity index (χ3n) is 2.44. The molecular weight excluding hydrogens is 345 g/mol. The molecule has 0 radical (unpaired) electrons. The van der Waals surface area contributed by atoms with Crippen LogP contribution in [0.25, 0.3) is 0 Å². The van der Waals surface area contributed by atoms with E-state index < -0.39 is 0 Å². The molecule has 68 valence electrons. The minimum atomic E-state index is 0.634. The molecule has 0 nitrogen and oxygen atoms in total. The monoisotopic (exact) mass is 362 g/mol. The van der Waals surface area contributed by atoms with Gasteiger partial charge in [-0.2, -0.15) is 0 Å². The van der Waals surface area contributed by atoms with Crippen LogP contribution in [0.2, 0.25) is 10.6 Å². The van der Waals surface area contributed by atoms with Crippen LogP contribution < -0.4 is 0 Å². The van der Waals surface area contributed by atoms with E-state index in [2.05, 4.69) is 41.0 Å². The topological polar surface area (TPSA) is 0 Å². The number of hydrogen-bond donors (Lipinski definition) is 0. The first kappa shape index (κ1) is 11.4. The van der Waals surface area contributed by atoms with Gasteiger partial charge in [0, 0.05) is 0 Å². The van der Waals surface area contributed by atoms with E-state index in [0.717, 1.165) is 15.0 Å². The van der Waals surface area contributed by atoms with E-state index in [0.29, 0.717) is 5.41 Å². The van der Waals surface area contributed by atoms with Crippen LogP contribution in [0.3, 0.4) is 0 Å². The van der Waals surface area contributed by atoms with Gasteiger partial charge in [0.15, 0.2) is 0 Å². The van der Waals surface area contributed by atoms with Gasteiger partial charge >= 0.3 is 97.7 Å². The molecule has 1 aliphatic heterocycles. The van der Waals surface area contributed by atoms with Crippen LogP contribution in [0.4, 0.5) is 0 Å².